The Labute approximate surface area is 212 Å². The lowest BCUT2D eigenvalue weighted by Crippen LogP contribution is -2.15. The van der Waals surface area contributed by atoms with Crippen LogP contribution in [0.5, 0.6) is 0 Å². The highest BCUT2D eigenvalue weighted by molar-refractivity contribution is 6.36. The lowest BCUT2D eigenvalue weighted by atomic mass is 9.91. The van der Waals surface area contributed by atoms with Gasteiger partial charge in [-0.25, -0.2) is 4.79 Å². The summed E-state index contributed by atoms with van der Waals surface area (Å²) in [4.78, 5) is 25.1. The van der Waals surface area contributed by atoms with Crippen molar-refractivity contribution < 1.29 is 27.9 Å². The number of fused-ring (bicyclic) bond motifs is 1. The Bertz CT molecular complexity index is 1690. The molecule has 0 spiro atoms. The zero-order valence-corrected chi connectivity index (χ0v) is 19.7. The van der Waals surface area contributed by atoms with Crippen LogP contribution < -0.4 is 0 Å². The third-order valence-corrected chi connectivity index (χ3v) is 6.29. The number of alkyl halides is 3. The summed E-state index contributed by atoms with van der Waals surface area (Å²) in [6.45, 7) is 0. The van der Waals surface area contributed by atoms with Crippen molar-refractivity contribution in [2.75, 3.05) is 0 Å². The van der Waals surface area contributed by atoms with E-state index in [1.165, 1.54) is 36.4 Å². The number of hydrogen-bond donors (Lipinski definition) is 2. The van der Waals surface area contributed by atoms with Crippen LogP contribution in [0, 0.1) is 0 Å². The van der Waals surface area contributed by atoms with E-state index in [2.05, 4.69) is 15.3 Å². The molecular formula is C26H16ClF3N4O3. The van der Waals surface area contributed by atoms with E-state index in [0.29, 0.717) is 22.3 Å². The van der Waals surface area contributed by atoms with Crippen LogP contribution in [0.25, 0.3) is 33.4 Å². The van der Waals surface area contributed by atoms with Gasteiger partial charge >= 0.3 is 12.1 Å². The summed E-state index contributed by atoms with van der Waals surface area (Å²) < 4.78 is 43.2. The molecule has 37 heavy (non-hydrogen) atoms. The zero-order chi connectivity index (χ0) is 26.5. The highest BCUT2D eigenvalue weighted by Crippen LogP contribution is 2.39. The van der Waals surface area contributed by atoms with Gasteiger partial charge in [-0.1, -0.05) is 29.8 Å². The highest BCUT2D eigenvalue weighted by Gasteiger charge is 2.37. The van der Waals surface area contributed by atoms with Crippen molar-refractivity contribution in [2.45, 2.75) is 6.18 Å². The number of nitrogens with one attached hydrogen (secondary N) is 1. The number of carbonyl (C=O) groups is 2. The molecule has 7 nitrogen and oxygen atoms in total. The summed E-state index contributed by atoms with van der Waals surface area (Å²) in [6, 6.07) is 13.8. The van der Waals surface area contributed by atoms with Gasteiger partial charge in [0.25, 0.3) is 0 Å². The first-order chi connectivity index (χ1) is 17.6. The van der Waals surface area contributed by atoms with Crippen LogP contribution in [0.15, 0.2) is 66.9 Å². The van der Waals surface area contributed by atoms with Gasteiger partial charge in [0.05, 0.1) is 32.9 Å². The molecule has 0 atom stereocenters. The quantitative estimate of drug-likeness (QED) is 0.265. The number of aromatic amines is 1. The maximum Gasteiger partial charge on any atom is 0.417 e. The molecule has 0 fully saturated rings. The SMILES string of the molecule is Cn1nccc1-c1cc(C(=O)c2c(Cl)cccc2C(F)(F)F)c2c(-c3ccc(C(=O)O)cc3)n[nH]c2c1. The lowest BCUT2D eigenvalue weighted by Gasteiger charge is -2.15. The molecule has 2 N–H and O–H groups in total. The Balaban J connectivity index is 1.80. The second kappa shape index (κ2) is 8.90. The molecule has 0 amide bonds. The van der Waals surface area contributed by atoms with E-state index in [9.17, 15) is 27.9 Å². The van der Waals surface area contributed by atoms with Crippen LogP contribution in [-0.4, -0.2) is 36.8 Å². The molecule has 0 aliphatic heterocycles. The minimum Gasteiger partial charge on any atom is -0.478 e. The van der Waals surface area contributed by atoms with Gasteiger partial charge < -0.3 is 5.11 Å². The number of aromatic carboxylic acids is 1. The molecule has 5 aromatic rings. The molecule has 0 unspecified atom stereocenters. The minimum atomic E-state index is -4.82. The first kappa shape index (κ1) is 24.3. The predicted molar refractivity (Wildman–Crippen MR) is 131 cm³/mol. The number of halogens is 4. The maximum absolute atomic E-state index is 13.9. The number of carbonyl (C=O) groups excluding carboxylic acids is 1. The molecule has 2 heterocycles. The van der Waals surface area contributed by atoms with E-state index >= 15 is 0 Å². The zero-order valence-electron chi connectivity index (χ0n) is 19.0. The second-order valence-electron chi connectivity index (χ2n) is 8.23. The van der Waals surface area contributed by atoms with E-state index in [1.54, 1.807) is 30.1 Å². The fourth-order valence-electron chi connectivity index (χ4n) is 4.25. The van der Waals surface area contributed by atoms with Crippen LogP contribution in [0.4, 0.5) is 13.2 Å². The van der Waals surface area contributed by atoms with Crippen LogP contribution >= 0.6 is 11.6 Å². The van der Waals surface area contributed by atoms with Crippen molar-refractivity contribution in [3.63, 3.8) is 0 Å². The number of benzene rings is 3. The standard InChI is InChI=1S/C26H16ClF3N4O3/c1-34-20(9-10-31-34)15-11-16(24(35)22-17(26(28,29)30)3-2-4-18(22)27)21-19(12-15)32-33-23(21)13-5-7-14(8-6-13)25(36)37/h2-12H,1H3,(H,32,33)(H,36,37). The van der Waals surface area contributed by atoms with Crippen molar-refractivity contribution in [2.24, 2.45) is 7.05 Å². The number of aryl methyl sites for hydroxylation is 1. The Kier molecular flexibility index (Phi) is 5.83. The average Bonchev–Trinajstić information content (AvgIpc) is 3.48. The molecular weight excluding hydrogens is 509 g/mol. The van der Waals surface area contributed by atoms with Gasteiger partial charge in [-0.3, -0.25) is 14.6 Å². The molecule has 3 aromatic carbocycles. The van der Waals surface area contributed by atoms with Gasteiger partial charge in [0.2, 0.25) is 0 Å². The minimum absolute atomic E-state index is 0.0456. The Morgan fingerprint density at radius 3 is 2.38 bits per heavy atom. The van der Waals surface area contributed by atoms with Gasteiger partial charge in [-0.2, -0.15) is 23.4 Å². The summed E-state index contributed by atoms with van der Waals surface area (Å²) in [5.41, 5.74) is 0.429. The first-order valence-electron chi connectivity index (χ1n) is 10.8. The topological polar surface area (TPSA) is 101 Å². The van der Waals surface area contributed by atoms with Gasteiger partial charge in [0.15, 0.2) is 5.78 Å². The van der Waals surface area contributed by atoms with E-state index in [0.717, 1.165) is 12.1 Å². The normalized spacial score (nSPS) is 11.7. The summed E-state index contributed by atoms with van der Waals surface area (Å²) in [5.74, 6) is -2.05. The Hall–Kier alpha value is -4.44. The average molecular weight is 525 g/mol. The van der Waals surface area contributed by atoms with Gasteiger partial charge in [0.1, 0.15) is 5.69 Å². The summed E-state index contributed by atoms with van der Waals surface area (Å²) >= 11 is 6.16. The van der Waals surface area contributed by atoms with Gasteiger partial charge in [-0.15, -0.1) is 0 Å². The summed E-state index contributed by atoms with van der Waals surface area (Å²) in [5, 5.41) is 20.4. The van der Waals surface area contributed by atoms with Crippen LogP contribution in [0.2, 0.25) is 5.02 Å². The molecule has 186 valence electrons. The van der Waals surface area contributed by atoms with Crippen molar-refractivity contribution >= 4 is 34.3 Å². The van der Waals surface area contributed by atoms with Gasteiger partial charge in [0, 0.05) is 35.3 Å². The second-order valence-corrected chi connectivity index (χ2v) is 8.64. The monoisotopic (exact) mass is 524 g/mol. The number of ketones is 1. The van der Waals surface area contributed by atoms with Crippen molar-refractivity contribution in [3.05, 3.63) is 94.1 Å². The van der Waals surface area contributed by atoms with Crippen molar-refractivity contribution in [1.29, 1.82) is 0 Å². The van der Waals surface area contributed by atoms with Crippen LogP contribution in [-0.2, 0) is 13.2 Å². The summed E-state index contributed by atoms with van der Waals surface area (Å²) in [7, 11) is 1.69. The Morgan fingerprint density at radius 2 is 1.76 bits per heavy atom. The molecule has 0 bridgehead atoms. The van der Waals surface area contributed by atoms with E-state index in [1.807, 2.05) is 0 Å². The highest BCUT2D eigenvalue weighted by atomic mass is 35.5. The number of H-pyrrole nitrogens is 1. The molecule has 5 rings (SSSR count). The predicted octanol–water partition coefficient (Wildman–Crippen LogP) is 6.23. The van der Waals surface area contributed by atoms with Crippen LogP contribution in [0.1, 0.15) is 31.8 Å². The first-order valence-corrected chi connectivity index (χ1v) is 11.2. The molecule has 0 saturated carbocycles. The fraction of sp³-hybridized carbons (Fsp3) is 0.0769. The third kappa shape index (κ3) is 4.25. The number of aromatic nitrogens is 4. The molecule has 0 radical (unpaired) electrons. The molecule has 0 aliphatic rings. The number of rotatable bonds is 5. The van der Waals surface area contributed by atoms with Crippen molar-refractivity contribution in [3.8, 4) is 22.5 Å². The Morgan fingerprint density at radius 1 is 1.03 bits per heavy atom. The molecule has 11 heteroatoms. The van der Waals surface area contributed by atoms with Crippen molar-refractivity contribution in [1.82, 2.24) is 20.0 Å². The molecule has 2 aromatic heterocycles. The maximum atomic E-state index is 13.9. The smallest absolute Gasteiger partial charge is 0.417 e. The van der Waals surface area contributed by atoms with Crippen LogP contribution in [0.3, 0.4) is 0 Å². The largest absolute Gasteiger partial charge is 0.478 e. The number of nitrogens with zero attached hydrogens (tertiary/aromatic N) is 3. The fourth-order valence-corrected chi connectivity index (χ4v) is 4.51. The van der Waals surface area contributed by atoms with Gasteiger partial charge in [-0.05, 0) is 42.5 Å². The summed E-state index contributed by atoms with van der Waals surface area (Å²) in [6.07, 6.45) is -3.26. The number of carboxylic acid groups (broad SMARTS) is 1. The van der Waals surface area contributed by atoms with E-state index < -0.39 is 29.1 Å². The third-order valence-electron chi connectivity index (χ3n) is 5.98. The molecule has 0 aliphatic carbocycles. The number of carboxylic acids is 1. The molecule has 0 saturated heterocycles. The number of hydrogen-bond acceptors (Lipinski definition) is 4. The van der Waals surface area contributed by atoms with E-state index in [-0.39, 0.29) is 27.2 Å². The lowest BCUT2D eigenvalue weighted by molar-refractivity contribution is -0.137. The van der Waals surface area contributed by atoms with E-state index in [4.69, 9.17) is 11.6 Å².